The van der Waals surface area contributed by atoms with Gasteiger partial charge in [0.25, 0.3) is 0 Å². The third kappa shape index (κ3) is 5.72. The standard InChI is InChI=1S/C7H15NO2/c1-6(2)4-10-5-7(8)3-9/h3,6-7H,4-5,8H2,1-2H3/t7-/m1/s1. The van der Waals surface area contributed by atoms with E-state index in [1.807, 2.05) is 13.8 Å². The van der Waals surface area contributed by atoms with Crippen molar-refractivity contribution >= 4 is 6.29 Å². The van der Waals surface area contributed by atoms with Gasteiger partial charge in [0, 0.05) is 6.61 Å². The highest BCUT2D eigenvalue weighted by molar-refractivity contribution is 5.56. The maximum absolute atomic E-state index is 9.98. The largest absolute Gasteiger partial charge is 0.379 e. The van der Waals surface area contributed by atoms with Crippen molar-refractivity contribution in [2.24, 2.45) is 11.7 Å². The Morgan fingerprint density at radius 1 is 1.50 bits per heavy atom. The van der Waals surface area contributed by atoms with Crippen molar-refractivity contribution in [3.8, 4) is 0 Å². The van der Waals surface area contributed by atoms with Gasteiger partial charge >= 0.3 is 0 Å². The van der Waals surface area contributed by atoms with Crippen LogP contribution < -0.4 is 5.73 Å². The molecule has 0 aliphatic heterocycles. The minimum absolute atomic E-state index is 0.335. The van der Waals surface area contributed by atoms with Gasteiger partial charge in [-0.1, -0.05) is 13.8 Å². The molecule has 0 aromatic heterocycles. The lowest BCUT2D eigenvalue weighted by molar-refractivity contribution is -0.110. The fourth-order valence-electron chi connectivity index (χ4n) is 0.479. The molecule has 0 aromatic rings. The van der Waals surface area contributed by atoms with Crippen LogP contribution in [0.3, 0.4) is 0 Å². The van der Waals surface area contributed by atoms with E-state index in [-0.39, 0.29) is 0 Å². The Bertz CT molecular complexity index is 93.6. The van der Waals surface area contributed by atoms with Crippen LogP contribution in [0.5, 0.6) is 0 Å². The van der Waals surface area contributed by atoms with Crippen LogP contribution in [0.15, 0.2) is 0 Å². The summed E-state index contributed by atoms with van der Waals surface area (Å²) in [5.74, 6) is 0.499. The van der Waals surface area contributed by atoms with Crippen LogP contribution in [0.1, 0.15) is 13.8 Å². The molecule has 0 spiro atoms. The van der Waals surface area contributed by atoms with Crippen molar-refractivity contribution in [2.45, 2.75) is 19.9 Å². The summed E-state index contributed by atoms with van der Waals surface area (Å²) in [5, 5.41) is 0. The second kappa shape index (κ2) is 5.38. The second-order valence-corrected chi connectivity index (χ2v) is 2.73. The zero-order valence-corrected chi connectivity index (χ0v) is 6.54. The van der Waals surface area contributed by atoms with Gasteiger partial charge in [-0.2, -0.15) is 0 Å². The van der Waals surface area contributed by atoms with Gasteiger partial charge in [0.1, 0.15) is 6.29 Å². The number of aldehydes is 1. The SMILES string of the molecule is CC(C)COC[C@H](N)C=O. The molecular formula is C7H15NO2. The highest BCUT2D eigenvalue weighted by atomic mass is 16.5. The average Bonchev–Trinajstić information content (AvgIpc) is 1.87. The van der Waals surface area contributed by atoms with Crippen LogP contribution in [0.4, 0.5) is 0 Å². The first-order valence-electron chi connectivity index (χ1n) is 3.45. The monoisotopic (exact) mass is 145 g/mol. The van der Waals surface area contributed by atoms with Crippen LogP contribution in [-0.2, 0) is 9.53 Å². The number of rotatable bonds is 5. The van der Waals surface area contributed by atoms with Crippen molar-refractivity contribution in [3.63, 3.8) is 0 Å². The lowest BCUT2D eigenvalue weighted by Gasteiger charge is -2.07. The summed E-state index contributed by atoms with van der Waals surface area (Å²) in [7, 11) is 0. The summed E-state index contributed by atoms with van der Waals surface area (Å²) in [6, 6.07) is -0.459. The molecule has 0 heterocycles. The number of nitrogens with two attached hydrogens (primary N) is 1. The molecule has 1 atom stereocenters. The molecule has 0 unspecified atom stereocenters. The first-order valence-corrected chi connectivity index (χ1v) is 3.45. The van der Waals surface area contributed by atoms with Crippen LogP contribution in [0.2, 0.25) is 0 Å². The molecule has 0 fully saturated rings. The predicted octanol–water partition coefficient (Wildman–Crippen LogP) is 0.185. The smallest absolute Gasteiger partial charge is 0.139 e. The molecule has 0 bridgehead atoms. The van der Waals surface area contributed by atoms with E-state index in [2.05, 4.69) is 0 Å². The van der Waals surface area contributed by atoms with E-state index in [4.69, 9.17) is 10.5 Å². The van der Waals surface area contributed by atoms with Gasteiger partial charge < -0.3 is 15.3 Å². The Morgan fingerprint density at radius 2 is 2.10 bits per heavy atom. The number of carbonyl (C=O) groups excluding carboxylic acids is 1. The lowest BCUT2D eigenvalue weighted by atomic mass is 10.2. The van der Waals surface area contributed by atoms with E-state index in [0.717, 1.165) is 0 Å². The van der Waals surface area contributed by atoms with Crippen LogP contribution in [-0.4, -0.2) is 25.5 Å². The molecule has 0 aliphatic carbocycles. The fraction of sp³-hybridized carbons (Fsp3) is 0.857. The van der Waals surface area contributed by atoms with Crippen molar-refractivity contribution in [1.82, 2.24) is 0 Å². The number of carbonyl (C=O) groups is 1. The molecule has 0 saturated carbocycles. The van der Waals surface area contributed by atoms with E-state index in [1.54, 1.807) is 0 Å². The van der Waals surface area contributed by atoms with Gasteiger partial charge in [-0.15, -0.1) is 0 Å². The van der Waals surface area contributed by atoms with Crippen LogP contribution in [0, 0.1) is 5.92 Å². The molecule has 3 nitrogen and oxygen atoms in total. The third-order valence-electron chi connectivity index (χ3n) is 0.936. The van der Waals surface area contributed by atoms with E-state index in [9.17, 15) is 4.79 Å². The molecule has 0 saturated heterocycles. The predicted molar refractivity (Wildman–Crippen MR) is 39.7 cm³/mol. The molecule has 0 aliphatic rings. The van der Waals surface area contributed by atoms with Gasteiger partial charge in [-0.05, 0) is 5.92 Å². The summed E-state index contributed by atoms with van der Waals surface area (Å²) in [6.07, 6.45) is 0.695. The van der Waals surface area contributed by atoms with Gasteiger partial charge in [-0.25, -0.2) is 0 Å². The van der Waals surface area contributed by atoms with Crippen LogP contribution in [0.25, 0.3) is 0 Å². The van der Waals surface area contributed by atoms with Gasteiger partial charge in [0.2, 0.25) is 0 Å². The van der Waals surface area contributed by atoms with E-state index < -0.39 is 6.04 Å². The molecular weight excluding hydrogens is 130 g/mol. The highest BCUT2D eigenvalue weighted by Gasteiger charge is 1.99. The van der Waals surface area contributed by atoms with E-state index >= 15 is 0 Å². The zero-order chi connectivity index (χ0) is 7.98. The maximum atomic E-state index is 9.98. The van der Waals surface area contributed by atoms with E-state index in [0.29, 0.717) is 25.4 Å². The minimum Gasteiger partial charge on any atom is -0.379 e. The average molecular weight is 145 g/mol. The molecule has 2 N–H and O–H groups in total. The molecule has 10 heavy (non-hydrogen) atoms. The Hall–Kier alpha value is -0.410. The third-order valence-corrected chi connectivity index (χ3v) is 0.936. The molecule has 0 amide bonds. The van der Waals surface area contributed by atoms with Crippen molar-refractivity contribution < 1.29 is 9.53 Å². The first kappa shape index (κ1) is 9.59. The van der Waals surface area contributed by atoms with Crippen molar-refractivity contribution in [2.75, 3.05) is 13.2 Å². The van der Waals surface area contributed by atoms with Gasteiger partial charge in [-0.3, -0.25) is 0 Å². The summed E-state index contributed by atoms with van der Waals surface area (Å²) < 4.78 is 5.09. The first-order chi connectivity index (χ1) is 4.66. The van der Waals surface area contributed by atoms with E-state index in [1.165, 1.54) is 0 Å². The highest BCUT2D eigenvalue weighted by Crippen LogP contribution is 1.91. The van der Waals surface area contributed by atoms with Gasteiger partial charge in [0.05, 0.1) is 12.6 Å². The van der Waals surface area contributed by atoms with Gasteiger partial charge in [0.15, 0.2) is 0 Å². The summed E-state index contributed by atoms with van der Waals surface area (Å²) in [5.41, 5.74) is 5.27. The Kier molecular flexibility index (Phi) is 5.16. The zero-order valence-electron chi connectivity index (χ0n) is 6.54. The normalized spacial score (nSPS) is 13.6. The minimum atomic E-state index is -0.459. The second-order valence-electron chi connectivity index (χ2n) is 2.73. The summed E-state index contributed by atoms with van der Waals surface area (Å²) >= 11 is 0. The molecule has 3 heteroatoms. The van der Waals surface area contributed by atoms with Crippen molar-refractivity contribution in [1.29, 1.82) is 0 Å². The molecule has 60 valence electrons. The molecule has 0 rings (SSSR count). The summed E-state index contributed by atoms with van der Waals surface area (Å²) in [4.78, 5) is 9.98. The number of hydrogen-bond donors (Lipinski definition) is 1. The lowest BCUT2D eigenvalue weighted by Crippen LogP contribution is -2.28. The Balaban J connectivity index is 3.11. The maximum Gasteiger partial charge on any atom is 0.139 e. The fourth-order valence-corrected chi connectivity index (χ4v) is 0.479. The van der Waals surface area contributed by atoms with Crippen molar-refractivity contribution in [3.05, 3.63) is 0 Å². The Morgan fingerprint density at radius 3 is 2.50 bits per heavy atom. The molecule has 0 radical (unpaired) electrons. The quantitative estimate of drug-likeness (QED) is 0.562. The number of ether oxygens (including phenoxy) is 1. The molecule has 0 aromatic carbocycles. The topological polar surface area (TPSA) is 52.3 Å². The number of hydrogen-bond acceptors (Lipinski definition) is 3. The Labute approximate surface area is 61.5 Å². The van der Waals surface area contributed by atoms with Crippen LogP contribution >= 0.6 is 0 Å². The summed E-state index contributed by atoms with van der Waals surface area (Å²) in [6.45, 7) is 5.10.